The molecule has 0 aromatic carbocycles. The number of aliphatic carboxylic acids is 1. The van der Waals surface area contributed by atoms with Crippen molar-refractivity contribution in [3.63, 3.8) is 0 Å². The predicted octanol–water partition coefficient (Wildman–Crippen LogP) is 0.971. The minimum Gasteiger partial charge on any atom is -0.481 e. The van der Waals surface area contributed by atoms with Crippen LogP contribution in [-0.4, -0.2) is 23.7 Å². The van der Waals surface area contributed by atoms with Gasteiger partial charge in [-0.3, -0.25) is 9.59 Å². The molecule has 0 aliphatic carbocycles. The van der Waals surface area contributed by atoms with Gasteiger partial charge in [-0.05, 0) is 12.8 Å². The van der Waals surface area contributed by atoms with E-state index in [1.165, 1.54) is 0 Å². The average Bonchev–Trinajstić information content (AvgIpc) is 2.32. The summed E-state index contributed by atoms with van der Waals surface area (Å²) in [7, 11) is 0. The number of carboxylic acid groups (broad SMARTS) is 1. The van der Waals surface area contributed by atoms with Gasteiger partial charge in [-0.1, -0.05) is 6.08 Å². The van der Waals surface area contributed by atoms with Crippen LogP contribution in [0, 0.1) is 5.41 Å². The van der Waals surface area contributed by atoms with Crippen molar-refractivity contribution >= 4 is 11.9 Å². The van der Waals surface area contributed by atoms with Gasteiger partial charge < -0.3 is 9.84 Å². The highest BCUT2D eigenvalue weighted by atomic mass is 16.5. The fourth-order valence-corrected chi connectivity index (χ4v) is 1.58. The van der Waals surface area contributed by atoms with E-state index >= 15 is 0 Å². The molecule has 0 saturated carbocycles. The van der Waals surface area contributed by atoms with Gasteiger partial charge in [0.15, 0.2) is 0 Å². The molecule has 0 amide bonds. The lowest BCUT2D eigenvalue weighted by Crippen LogP contribution is -2.28. The van der Waals surface area contributed by atoms with Crippen molar-refractivity contribution in [2.45, 2.75) is 19.3 Å². The number of cyclic esters (lactones) is 1. The molecule has 1 aliphatic heterocycles. The first-order valence-corrected chi connectivity index (χ1v) is 4.11. The standard InChI is InChI=1S/C9H12O4/c1-2-3-9(6-7(10)11)4-5-13-8(9)12/h2H,1,3-6H2,(H,10,11). The summed E-state index contributed by atoms with van der Waals surface area (Å²) in [6, 6.07) is 0. The second-order valence-corrected chi connectivity index (χ2v) is 3.23. The normalized spacial score (nSPS) is 26.9. The van der Waals surface area contributed by atoms with Gasteiger partial charge in [0.1, 0.15) is 0 Å². The van der Waals surface area contributed by atoms with Gasteiger partial charge in [-0.25, -0.2) is 0 Å². The second-order valence-electron chi connectivity index (χ2n) is 3.23. The summed E-state index contributed by atoms with van der Waals surface area (Å²) in [6.07, 6.45) is 2.25. The number of carbonyl (C=O) groups is 2. The third kappa shape index (κ3) is 1.88. The van der Waals surface area contributed by atoms with Gasteiger partial charge in [0.2, 0.25) is 0 Å². The zero-order chi connectivity index (χ0) is 9.90. The number of carbonyl (C=O) groups excluding carboxylic acids is 1. The Bertz CT molecular complexity index is 246. The molecular formula is C9H12O4. The first kappa shape index (κ1) is 9.77. The molecule has 1 N–H and O–H groups in total. The molecule has 0 aromatic rings. The van der Waals surface area contributed by atoms with Crippen LogP contribution in [0.15, 0.2) is 12.7 Å². The molecule has 0 bridgehead atoms. The Balaban J connectivity index is 2.79. The van der Waals surface area contributed by atoms with Crippen LogP contribution in [0.3, 0.4) is 0 Å². The van der Waals surface area contributed by atoms with E-state index in [-0.39, 0.29) is 6.42 Å². The Kier molecular flexibility index (Phi) is 2.70. The lowest BCUT2D eigenvalue weighted by Gasteiger charge is -2.19. The van der Waals surface area contributed by atoms with Crippen molar-refractivity contribution in [2.24, 2.45) is 5.41 Å². The van der Waals surface area contributed by atoms with E-state index < -0.39 is 17.4 Å². The van der Waals surface area contributed by atoms with E-state index in [9.17, 15) is 9.59 Å². The van der Waals surface area contributed by atoms with Gasteiger partial charge in [0, 0.05) is 0 Å². The molecule has 1 heterocycles. The first-order chi connectivity index (χ1) is 6.10. The van der Waals surface area contributed by atoms with Gasteiger partial charge in [-0.2, -0.15) is 0 Å². The summed E-state index contributed by atoms with van der Waals surface area (Å²) < 4.78 is 4.77. The maximum absolute atomic E-state index is 11.3. The summed E-state index contributed by atoms with van der Waals surface area (Å²) in [5.74, 6) is -1.38. The van der Waals surface area contributed by atoms with Crippen LogP contribution in [-0.2, 0) is 14.3 Å². The number of allylic oxidation sites excluding steroid dienone is 1. The zero-order valence-corrected chi connectivity index (χ0v) is 7.28. The van der Waals surface area contributed by atoms with Crippen LogP contribution in [0.2, 0.25) is 0 Å². The number of carboxylic acids is 1. The third-order valence-corrected chi connectivity index (χ3v) is 2.27. The van der Waals surface area contributed by atoms with E-state index in [1.807, 2.05) is 0 Å². The zero-order valence-electron chi connectivity index (χ0n) is 7.28. The first-order valence-electron chi connectivity index (χ1n) is 4.11. The minimum atomic E-state index is -0.972. The second kappa shape index (κ2) is 3.60. The van der Waals surface area contributed by atoms with Crippen molar-refractivity contribution in [1.29, 1.82) is 0 Å². The molecular weight excluding hydrogens is 172 g/mol. The predicted molar refractivity (Wildman–Crippen MR) is 45.1 cm³/mol. The highest BCUT2D eigenvalue weighted by Gasteiger charge is 2.45. The minimum absolute atomic E-state index is 0.169. The van der Waals surface area contributed by atoms with E-state index in [4.69, 9.17) is 9.84 Å². The smallest absolute Gasteiger partial charge is 0.313 e. The summed E-state index contributed by atoms with van der Waals surface area (Å²) >= 11 is 0. The summed E-state index contributed by atoms with van der Waals surface area (Å²) in [6.45, 7) is 3.83. The van der Waals surface area contributed by atoms with Gasteiger partial charge in [0.25, 0.3) is 0 Å². The lowest BCUT2D eigenvalue weighted by atomic mass is 9.80. The van der Waals surface area contributed by atoms with Crippen molar-refractivity contribution in [2.75, 3.05) is 6.61 Å². The van der Waals surface area contributed by atoms with Crippen LogP contribution < -0.4 is 0 Å². The molecule has 13 heavy (non-hydrogen) atoms. The Morgan fingerprint density at radius 2 is 2.46 bits per heavy atom. The number of hydrogen-bond acceptors (Lipinski definition) is 3. The SMILES string of the molecule is C=CCC1(CC(=O)O)CCOC1=O. The molecule has 0 radical (unpaired) electrons. The Morgan fingerprint density at radius 3 is 2.85 bits per heavy atom. The number of ether oxygens (including phenoxy) is 1. The van der Waals surface area contributed by atoms with E-state index in [0.29, 0.717) is 19.4 Å². The van der Waals surface area contributed by atoms with Crippen LogP contribution in [0.5, 0.6) is 0 Å². The fraction of sp³-hybridized carbons (Fsp3) is 0.556. The molecule has 72 valence electrons. The van der Waals surface area contributed by atoms with E-state index in [2.05, 4.69) is 6.58 Å². The summed E-state index contributed by atoms with van der Waals surface area (Å²) in [5.41, 5.74) is -0.854. The number of rotatable bonds is 4. The molecule has 1 atom stereocenters. The number of hydrogen-bond donors (Lipinski definition) is 1. The lowest BCUT2D eigenvalue weighted by molar-refractivity contribution is -0.152. The van der Waals surface area contributed by atoms with Crippen LogP contribution in [0.1, 0.15) is 19.3 Å². The maximum atomic E-state index is 11.3. The molecule has 1 fully saturated rings. The van der Waals surface area contributed by atoms with Gasteiger partial charge in [-0.15, -0.1) is 6.58 Å². The van der Waals surface area contributed by atoms with Crippen molar-refractivity contribution in [3.8, 4) is 0 Å². The van der Waals surface area contributed by atoms with Crippen molar-refractivity contribution in [1.82, 2.24) is 0 Å². The van der Waals surface area contributed by atoms with E-state index in [0.717, 1.165) is 0 Å². The monoisotopic (exact) mass is 184 g/mol. The Hall–Kier alpha value is -1.32. The molecule has 1 saturated heterocycles. The molecule has 1 aliphatic rings. The van der Waals surface area contributed by atoms with E-state index in [1.54, 1.807) is 6.08 Å². The molecule has 0 spiro atoms. The summed E-state index contributed by atoms with van der Waals surface area (Å²) in [5, 5.41) is 8.64. The van der Waals surface area contributed by atoms with Crippen LogP contribution in [0.4, 0.5) is 0 Å². The van der Waals surface area contributed by atoms with Gasteiger partial charge in [0.05, 0.1) is 18.4 Å². The van der Waals surface area contributed by atoms with Crippen molar-refractivity contribution in [3.05, 3.63) is 12.7 Å². The third-order valence-electron chi connectivity index (χ3n) is 2.27. The molecule has 0 aromatic heterocycles. The van der Waals surface area contributed by atoms with Crippen LogP contribution >= 0.6 is 0 Å². The van der Waals surface area contributed by atoms with Crippen LogP contribution in [0.25, 0.3) is 0 Å². The quantitative estimate of drug-likeness (QED) is 0.522. The highest BCUT2D eigenvalue weighted by molar-refractivity contribution is 5.84. The molecule has 4 heteroatoms. The largest absolute Gasteiger partial charge is 0.481 e. The fourth-order valence-electron chi connectivity index (χ4n) is 1.58. The highest BCUT2D eigenvalue weighted by Crippen LogP contribution is 2.37. The Morgan fingerprint density at radius 1 is 1.77 bits per heavy atom. The maximum Gasteiger partial charge on any atom is 0.313 e. The van der Waals surface area contributed by atoms with Crippen molar-refractivity contribution < 1.29 is 19.4 Å². The number of esters is 1. The molecule has 1 rings (SSSR count). The Labute approximate surface area is 76.2 Å². The average molecular weight is 184 g/mol. The molecule has 4 nitrogen and oxygen atoms in total. The topological polar surface area (TPSA) is 63.6 Å². The van der Waals surface area contributed by atoms with Gasteiger partial charge >= 0.3 is 11.9 Å². The molecule has 1 unspecified atom stereocenters. The summed E-state index contributed by atoms with van der Waals surface area (Å²) in [4.78, 5) is 21.8.